The summed E-state index contributed by atoms with van der Waals surface area (Å²) in [6, 6.07) is 14.1. The Morgan fingerprint density at radius 3 is 2.52 bits per heavy atom. The number of ether oxygens (including phenoxy) is 1. The molecule has 0 saturated carbocycles. The van der Waals surface area contributed by atoms with Crippen LogP contribution in [0.1, 0.15) is 42.7 Å². The lowest BCUT2D eigenvalue weighted by Gasteiger charge is -2.39. The Morgan fingerprint density at radius 1 is 0.926 bits per heavy atom. The zero-order chi connectivity index (χ0) is 36.6. The molecule has 0 spiro atoms. The third kappa shape index (κ3) is 6.97. The quantitative estimate of drug-likeness (QED) is 0.210. The first-order chi connectivity index (χ1) is 26.5. The summed E-state index contributed by atoms with van der Waals surface area (Å²) in [5.41, 5.74) is 5.65. The molecule has 4 fully saturated rings. The van der Waals surface area contributed by atoms with Gasteiger partial charge in [-0.2, -0.15) is 10.4 Å². The zero-order valence-corrected chi connectivity index (χ0v) is 30.5. The molecule has 5 aromatic rings. The molecular formula is C38H40N12O3S. The van der Waals surface area contributed by atoms with E-state index < -0.39 is 0 Å². The summed E-state index contributed by atoms with van der Waals surface area (Å²) in [6.45, 7) is 8.09. The van der Waals surface area contributed by atoms with Crippen LogP contribution in [-0.4, -0.2) is 112 Å². The fourth-order valence-electron chi connectivity index (χ4n) is 7.76. The minimum Gasteiger partial charge on any atom is -0.377 e. The van der Waals surface area contributed by atoms with Crippen molar-refractivity contribution < 1.29 is 14.3 Å². The molecule has 15 nitrogen and oxygen atoms in total. The molecule has 0 bridgehead atoms. The summed E-state index contributed by atoms with van der Waals surface area (Å²) in [6.07, 6.45) is 8.37. The van der Waals surface area contributed by atoms with E-state index in [4.69, 9.17) is 14.7 Å². The fraction of sp³-hybridized carbons (Fsp3) is 0.421. The number of carbonyl (C=O) groups excluding carboxylic acids is 2. The number of nitrogens with one attached hydrogen (secondary N) is 2. The number of pyridine rings is 2. The second kappa shape index (κ2) is 14.7. The number of anilines is 3. The lowest BCUT2D eigenvalue weighted by molar-refractivity contribution is -0.134. The predicted octanol–water partition coefficient (Wildman–Crippen LogP) is 3.55. The summed E-state index contributed by atoms with van der Waals surface area (Å²) in [7, 11) is 0. The van der Waals surface area contributed by atoms with Crippen LogP contribution < -0.4 is 20.4 Å². The Morgan fingerprint density at radius 2 is 1.78 bits per heavy atom. The van der Waals surface area contributed by atoms with Gasteiger partial charge in [0.15, 0.2) is 5.01 Å². The molecule has 2 amide bonds. The van der Waals surface area contributed by atoms with Crippen molar-refractivity contribution >= 4 is 45.3 Å². The highest BCUT2D eigenvalue weighted by molar-refractivity contribution is 7.18. The summed E-state index contributed by atoms with van der Waals surface area (Å²) >= 11 is 1.59. The Bertz CT molecular complexity index is 2210. The lowest BCUT2D eigenvalue weighted by atomic mass is 9.91. The van der Waals surface area contributed by atoms with E-state index in [1.807, 2.05) is 42.6 Å². The molecule has 1 atom stereocenters. The van der Waals surface area contributed by atoms with Gasteiger partial charge in [0.25, 0.3) is 0 Å². The van der Waals surface area contributed by atoms with Crippen molar-refractivity contribution in [1.29, 1.82) is 5.26 Å². The summed E-state index contributed by atoms with van der Waals surface area (Å²) < 4.78 is 7.25. The molecule has 16 heteroatoms. The molecule has 5 aromatic heterocycles. The van der Waals surface area contributed by atoms with E-state index in [1.54, 1.807) is 28.2 Å². The smallest absolute Gasteiger partial charge is 0.234 e. The third-order valence-corrected chi connectivity index (χ3v) is 12.0. The van der Waals surface area contributed by atoms with E-state index in [-0.39, 0.29) is 23.8 Å². The number of rotatable bonds is 9. The number of amides is 2. The van der Waals surface area contributed by atoms with E-state index in [0.29, 0.717) is 37.5 Å². The van der Waals surface area contributed by atoms with Gasteiger partial charge in [-0.15, -0.1) is 10.2 Å². The molecule has 0 aromatic carbocycles. The second-order valence-electron chi connectivity index (χ2n) is 14.5. The van der Waals surface area contributed by atoms with Crippen molar-refractivity contribution in [3.63, 3.8) is 0 Å². The summed E-state index contributed by atoms with van der Waals surface area (Å²) in [4.78, 5) is 40.6. The van der Waals surface area contributed by atoms with Gasteiger partial charge in [0.1, 0.15) is 11.9 Å². The maximum Gasteiger partial charge on any atom is 0.234 e. The largest absolute Gasteiger partial charge is 0.377 e. The number of piperazine rings is 1. The standard InChI is InChI=1S/C38H40N12O3S/c39-17-25-15-28-2-4-33(50(28)42-18-25)32-16-31(43-27-22-53-23-27)30(20-40-32)37-45-46-38(54-37)49-13-11-47(12-14-49)21-24-7-9-48(10-8-24)34-5-1-26(19-41-34)29-3-6-35(51)44-36(29)52/h1-2,4-5,15-16,18-20,24,27,29H,3,6-14,21-23H2,(H,40,43)(H,44,51,52). The SMILES string of the molecule is N#Cc1cnn2c(-c3cc(NC4COC4)c(-c4nnc(N5CCN(CC6CCN(c7ccc(C8CCC(=O)NC8=O)cn7)CC6)CC5)s4)cn3)ccc2c1. The van der Waals surface area contributed by atoms with Crippen molar-refractivity contribution in [2.24, 2.45) is 5.92 Å². The normalized spacial score (nSPS) is 20.2. The summed E-state index contributed by atoms with van der Waals surface area (Å²) in [5, 5.41) is 30.8. The number of nitrogens with zero attached hydrogens (tertiary/aromatic N) is 10. The van der Waals surface area contributed by atoms with Crippen molar-refractivity contribution in [3.8, 4) is 28.0 Å². The molecule has 0 aliphatic carbocycles. The number of carbonyl (C=O) groups is 2. The highest BCUT2D eigenvalue weighted by atomic mass is 32.1. The molecule has 4 saturated heterocycles. The van der Waals surface area contributed by atoms with Crippen molar-refractivity contribution in [2.75, 3.05) is 74.1 Å². The first kappa shape index (κ1) is 34.3. The molecule has 276 valence electrons. The molecule has 0 radical (unpaired) electrons. The molecule has 9 heterocycles. The van der Waals surface area contributed by atoms with Crippen LogP contribution >= 0.6 is 11.3 Å². The van der Waals surface area contributed by atoms with Crippen LogP contribution in [0.5, 0.6) is 0 Å². The molecule has 4 aliphatic heterocycles. The van der Waals surface area contributed by atoms with E-state index in [1.165, 1.54) is 0 Å². The second-order valence-corrected chi connectivity index (χ2v) is 15.4. The number of fused-ring (bicyclic) bond motifs is 1. The van der Waals surface area contributed by atoms with Gasteiger partial charge < -0.3 is 19.9 Å². The average Bonchev–Trinajstić information content (AvgIpc) is 3.85. The molecule has 1 unspecified atom stereocenters. The zero-order valence-electron chi connectivity index (χ0n) is 29.7. The Balaban J connectivity index is 0.798. The van der Waals surface area contributed by atoms with E-state index in [2.05, 4.69) is 46.7 Å². The number of hydrogen-bond donors (Lipinski definition) is 2. The van der Waals surface area contributed by atoms with Gasteiger partial charge in [0.05, 0.1) is 59.4 Å². The lowest BCUT2D eigenvalue weighted by Crippen LogP contribution is -2.49. The van der Waals surface area contributed by atoms with Gasteiger partial charge in [-0.25, -0.2) is 9.50 Å². The van der Waals surface area contributed by atoms with Gasteiger partial charge in [-0.3, -0.25) is 24.8 Å². The highest BCUT2D eigenvalue weighted by Gasteiger charge is 2.30. The minimum absolute atomic E-state index is 0.199. The van der Waals surface area contributed by atoms with Crippen LogP contribution in [0, 0.1) is 17.2 Å². The van der Waals surface area contributed by atoms with Crippen LogP contribution in [0.2, 0.25) is 0 Å². The minimum atomic E-state index is -0.306. The molecule has 4 aliphatic rings. The first-order valence-corrected chi connectivity index (χ1v) is 19.4. The van der Waals surface area contributed by atoms with Crippen molar-refractivity contribution in [1.82, 2.24) is 40.0 Å². The molecule has 54 heavy (non-hydrogen) atoms. The van der Waals surface area contributed by atoms with Gasteiger partial charge >= 0.3 is 0 Å². The number of nitriles is 1. The first-order valence-electron chi connectivity index (χ1n) is 18.6. The van der Waals surface area contributed by atoms with Crippen LogP contribution in [0.15, 0.2) is 55.0 Å². The fourth-order valence-corrected chi connectivity index (χ4v) is 8.68. The van der Waals surface area contributed by atoms with E-state index >= 15 is 0 Å². The number of imide groups is 1. The van der Waals surface area contributed by atoms with Crippen LogP contribution in [0.3, 0.4) is 0 Å². The summed E-state index contributed by atoms with van der Waals surface area (Å²) in [5.74, 6) is 0.858. The number of aromatic nitrogens is 6. The van der Waals surface area contributed by atoms with E-state index in [9.17, 15) is 14.9 Å². The topological polar surface area (TPSA) is 170 Å². The Hall–Kier alpha value is -5.50. The van der Waals surface area contributed by atoms with Crippen LogP contribution in [0.25, 0.3) is 27.5 Å². The van der Waals surface area contributed by atoms with Crippen molar-refractivity contribution in [2.45, 2.75) is 37.6 Å². The average molecular weight is 745 g/mol. The molecule has 9 rings (SSSR count). The van der Waals surface area contributed by atoms with Crippen LogP contribution in [0.4, 0.5) is 16.6 Å². The van der Waals surface area contributed by atoms with E-state index in [0.717, 1.165) is 108 Å². The number of piperidine rings is 2. The maximum atomic E-state index is 12.3. The van der Waals surface area contributed by atoms with Gasteiger partial charge in [-0.1, -0.05) is 17.4 Å². The third-order valence-electron chi connectivity index (χ3n) is 10.9. The van der Waals surface area contributed by atoms with Gasteiger partial charge in [0, 0.05) is 70.3 Å². The van der Waals surface area contributed by atoms with Crippen molar-refractivity contribution in [3.05, 3.63) is 66.1 Å². The molecular weight excluding hydrogens is 705 g/mol. The predicted molar refractivity (Wildman–Crippen MR) is 203 cm³/mol. The van der Waals surface area contributed by atoms with Crippen LogP contribution in [-0.2, 0) is 14.3 Å². The Kier molecular flexibility index (Phi) is 9.35. The van der Waals surface area contributed by atoms with Gasteiger partial charge in [0.2, 0.25) is 16.9 Å². The Labute approximate surface area is 316 Å². The number of hydrogen-bond acceptors (Lipinski definition) is 14. The maximum absolute atomic E-state index is 12.3. The highest BCUT2D eigenvalue weighted by Crippen LogP contribution is 2.37. The molecule has 2 N–H and O–H groups in total. The van der Waals surface area contributed by atoms with Gasteiger partial charge in [-0.05, 0) is 61.1 Å². The monoisotopic (exact) mass is 744 g/mol.